The quantitative estimate of drug-likeness (QED) is 0.459. The second-order valence-electron chi connectivity index (χ2n) is 5.78. The standard InChI is InChI=1S/C16H27NO2/c1-2-3-4-5-6-7-10-15(18)19-14-16(13-17)11-8-9-12-16/h2-12,14H2,1H3. The van der Waals surface area contributed by atoms with E-state index in [0.29, 0.717) is 13.0 Å². The summed E-state index contributed by atoms with van der Waals surface area (Å²) in [5, 5.41) is 9.18. The van der Waals surface area contributed by atoms with Gasteiger partial charge in [0, 0.05) is 6.42 Å². The highest BCUT2D eigenvalue weighted by molar-refractivity contribution is 5.69. The van der Waals surface area contributed by atoms with Gasteiger partial charge in [0.15, 0.2) is 0 Å². The molecule has 3 nitrogen and oxygen atoms in total. The van der Waals surface area contributed by atoms with Crippen LogP contribution in [-0.2, 0) is 9.53 Å². The molecule has 0 heterocycles. The van der Waals surface area contributed by atoms with Crippen molar-refractivity contribution in [3.63, 3.8) is 0 Å². The fraction of sp³-hybridized carbons (Fsp3) is 0.875. The number of unbranched alkanes of at least 4 members (excludes halogenated alkanes) is 5. The van der Waals surface area contributed by atoms with E-state index in [2.05, 4.69) is 13.0 Å². The summed E-state index contributed by atoms with van der Waals surface area (Å²) in [5.74, 6) is -0.128. The first kappa shape index (κ1) is 16.0. The number of ether oxygens (including phenoxy) is 1. The largest absolute Gasteiger partial charge is 0.464 e. The van der Waals surface area contributed by atoms with Crippen molar-refractivity contribution in [2.75, 3.05) is 6.61 Å². The van der Waals surface area contributed by atoms with Crippen LogP contribution in [0.2, 0.25) is 0 Å². The average molecular weight is 265 g/mol. The molecule has 3 heteroatoms. The molecule has 0 radical (unpaired) electrons. The van der Waals surface area contributed by atoms with Crippen LogP contribution in [0.4, 0.5) is 0 Å². The Labute approximate surface area is 117 Å². The number of esters is 1. The van der Waals surface area contributed by atoms with Gasteiger partial charge in [-0.05, 0) is 19.3 Å². The SMILES string of the molecule is CCCCCCCCC(=O)OCC1(C#N)CCCC1. The Bertz CT molecular complexity index is 300. The molecule has 1 aliphatic carbocycles. The Morgan fingerprint density at radius 1 is 1.16 bits per heavy atom. The average Bonchev–Trinajstić information content (AvgIpc) is 2.90. The summed E-state index contributed by atoms with van der Waals surface area (Å²) in [5.41, 5.74) is -0.378. The van der Waals surface area contributed by atoms with Crippen LogP contribution in [0.25, 0.3) is 0 Å². The van der Waals surface area contributed by atoms with Gasteiger partial charge in [-0.3, -0.25) is 4.79 Å². The van der Waals surface area contributed by atoms with E-state index < -0.39 is 0 Å². The smallest absolute Gasteiger partial charge is 0.305 e. The maximum Gasteiger partial charge on any atom is 0.305 e. The van der Waals surface area contributed by atoms with Crippen LogP contribution < -0.4 is 0 Å². The highest BCUT2D eigenvalue weighted by Crippen LogP contribution is 2.37. The zero-order valence-corrected chi connectivity index (χ0v) is 12.2. The number of carbonyl (C=O) groups is 1. The molecule has 0 aliphatic heterocycles. The molecule has 0 bridgehead atoms. The maximum absolute atomic E-state index is 11.6. The number of hydrogen-bond acceptors (Lipinski definition) is 3. The fourth-order valence-corrected chi connectivity index (χ4v) is 2.68. The molecule has 19 heavy (non-hydrogen) atoms. The van der Waals surface area contributed by atoms with Crippen molar-refractivity contribution in [3.05, 3.63) is 0 Å². The first-order valence-electron chi connectivity index (χ1n) is 7.79. The molecule has 0 N–H and O–H groups in total. The van der Waals surface area contributed by atoms with Gasteiger partial charge in [0.2, 0.25) is 0 Å². The van der Waals surface area contributed by atoms with E-state index in [1.807, 2.05) is 0 Å². The van der Waals surface area contributed by atoms with Gasteiger partial charge in [-0.25, -0.2) is 0 Å². The molecule has 1 saturated carbocycles. The number of nitriles is 1. The molecular weight excluding hydrogens is 238 g/mol. The molecular formula is C16H27NO2. The molecule has 0 aromatic heterocycles. The molecule has 0 amide bonds. The monoisotopic (exact) mass is 265 g/mol. The third-order valence-corrected chi connectivity index (χ3v) is 4.04. The van der Waals surface area contributed by atoms with Crippen LogP contribution in [0, 0.1) is 16.7 Å². The van der Waals surface area contributed by atoms with E-state index in [4.69, 9.17) is 4.74 Å². The molecule has 0 aromatic rings. The molecule has 0 unspecified atom stereocenters. The Hall–Kier alpha value is -1.04. The predicted octanol–water partition coefficient (Wildman–Crippen LogP) is 4.36. The van der Waals surface area contributed by atoms with Gasteiger partial charge in [-0.2, -0.15) is 5.26 Å². The normalized spacial score (nSPS) is 17.1. The lowest BCUT2D eigenvalue weighted by Gasteiger charge is -2.19. The van der Waals surface area contributed by atoms with Crippen LogP contribution in [-0.4, -0.2) is 12.6 Å². The summed E-state index contributed by atoms with van der Waals surface area (Å²) in [4.78, 5) is 11.6. The van der Waals surface area contributed by atoms with E-state index in [1.165, 1.54) is 25.7 Å². The third kappa shape index (κ3) is 6.09. The summed E-state index contributed by atoms with van der Waals surface area (Å²) >= 11 is 0. The zero-order chi connectivity index (χ0) is 14.0. The number of hydrogen-bond donors (Lipinski definition) is 0. The van der Waals surface area contributed by atoms with Crippen LogP contribution >= 0.6 is 0 Å². The third-order valence-electron chi connectivity index (χ3n) is 4.04. The highest BCUT2D eigenvalue weighted by Gasteiger charge is 2.35. The van der Waals surface area contributed by atoms with E-state index in [1.54, 1.807) is 0 Å². The first-order chi connectivity index (χ1) is 9.22. The number of rotatable bonds is 9. The Morgan fingerprint density at radius 3 is 2.42 bits per heavy atom. The Morgan fingerprint density at radius 2 is 1.79 bits per heavy atom. The lowest BCUT2D eigenvalue weighted by Crippen LogP contribution is -2.23. The van der Waals surface area contributed by atoms with Crippen molar-refractivity contribution in [2.24, 2.45) is 5.41 Å². The lowest BCUT2D eigenvalue weighted by atomic mass is 9.89. The topological polar surface area (TPSA) is 50.1 Å². The Balaban J connectivity index is 2.06. The van der Waals surface area contributed by atoms with Crippen molar-refractivity contribution in [3.8, 4) is 6.07 Å². The number of nitrogens with zero attached hydrogens (tertiary/aromatic N) is 1. The summed E-state index contributed by atoms with van der Waals surface area (Å²) < 4.78 is 5.29. The van der Waals surface area contributed by atoms with Gasteiger partial charge in [0.1, 0.15) is 6.61 Å². The van der Waals surface area contributed by atoms with Gasteiger partial charge >= 0.3 is 5.97 Å². The number of carbonyl (C=O) groups excluding carboxylic acids is 1. The molecule has 0 aromatic carbocycles. The van der Waals surface area contributed by atoms with Crippen molar-refractivity contribution >= 4 is 5.97 Å². The molecule has 1 fully saturated rings. The highest BCUT2D eigenvalue weighted by atomic mass is 16.5. The minimum atomic E-state index is -0.378. The maximum atomic E-state index is 11.6. The van der Waals surface area contributed by atoms with Crippen LogP contribution in [0.3, 0.4) is 0 Å². The van der Waals surface area contributed by atoms with Crippen LogP contribution in [0.5, 0.6) is 0 Å². The molecule has 1 aliphatic rings. The summed E-state index contributed by atoms with van der Waals surface area (Å²) in [6, 6.07) is 2.35. The van der Waals surface area contributed by atoms with Gasteiger partial charge in [0.05, 0.1) is 11.5 Å². The van der Waals surface area contributed by atoms with Crippen LogP contribution in [0.15, 0.2) is 0 Å². The predicted molar refractivity (Wildman–Crippen MR) is 75.5 cm³/mol. The molecule has 0 spiro atoms. The minimum absolute atomic E-state index is 0.128. The molecule has 0 atom stereocenters. The van der Waals surface area contributed by atoms with E-state index in [9.17, 15) is 10.1 Å². The van der Waals surface area contributed by atoms with Crippen molar-refractivity contribution in [2.45, 2.75) is 77.6 Å². The Kier molecular flexibility index (Phi) is 7.55. The summed E-state index contributed by atoms with van der Waals surface area (Å²) in [6.07, 6.45) is 11.5. The molecule has 108 valence electrons. The van der Waals surface area contributed by atoms with E-state index >= 15 is 0 Å². The van der Waals surface area contributed by atoms with Gasteiger partial charge in [-0.1, -0.05) is 51.9 Å². The second-order valence-corrected chi connectivity index (χ2v) is 5.78. The van der Waals surface area contributed by atoms with Crippen LogP contribution in [0.1, 0.15) is 77.6 Å². The minimum Gasteiger partial charge on any atom is -0.464 e. The molecule has 1 rings (SSSR count). The summed E-state index contributed by atoms with van der Waals surface area (Å²) in [7, 11) is 0. The van der Waals surface area contributed by atoms with Crippen molar-refractivity contribution in [1.82, 2.24) is 0 Å². The first-order valence-corrected chi connectivity index (χ1v) is 7.79. The van der Waals surface area contributed by atoms with E-state index in [0.717, 1.165) is 38.5 Å². The van der Waals surface area contributed by atoms with Crippen molar-refractivity contribution < 1.29 is 9.53 Å². The molecule has 0 saturated heterocycles. The van der Waals surface area contributed by atoms with Gasteiger partial charge in [0.25, 0.3) is 0 Å². The lowest BCUT2D eigenvalue weighted by molar-refractivity contribution is -0.146. The van der Waals surface area contributed by atoms with Gasteiger partial charge in [-0.15, -0.1) is 0 Å². The van der Waals surface area contributed by atoms with Gasteiger partial charge < -0.3 is 4.74 Å². The zero-order valence-electron chi connectivity index (χ0n) is 12.2. The summed E-state index contributed by atoms with van der Waals surface area (Å²) in [6.45, 7) is 2.50. The second kappa shape index (κ2) is 8.96. The van der Waals surface area contributed by atoms with Crippen molar-refractivity contribution in [1.29, 1.82) is 5.26 Å². The fourth-order valence-electron chi connectivity index (χ4n) is 2.68. The van der Waals surface area contributed by atoms with E-state index in [-0.39, 0.29) is 11.4 Å².